The van der Waals surface area contributed by atoms with E-state index in [2.05, 4.69) is 16.8 Å². The highest BCUT2D eigenvalue weighted by atomic mass is 19.1. The number of hydrazone groups is 1. The molecule has 4 atom stereocenters. The molecule has 9 nitrogen and oxygen atoms in total. The predicted octanol–water partition coefficient (Wildman–Crippen LogP) is 3.94. The molecule has 3 aliphatic rings. The molecule has 10 heteroatoms. The quantitative estimate of drug-likeness (QED) is 0.214. The number of carbonyl (C=O) groups is 2. The molecule has 0 radical (unpaired) electrons. The van der Waals surface area contributed by atoms with Crippen molar-refractivity contribution >= 4 is 18.3 Å². The van der Waals surface area contributed by atoms with Gasteiger partial charge in [-0.1, -0.05) is 36.8 Å². The fourth-order valence-electron chi connectivity index (χ4n) is 6.01. The Balaban J connectivity index is 0.00000186. The monoisotopic (exact) mass is 519 g/mol. The number of rotatable bonds is 7. The minimum atomic E-state index is -1.30. The summed E-state index contributed by atoms with van der Waals surface area (Å²) in [5.41, 5.74) is -0.408. The van der Waals surface area contributed by atoms with Crippen molar-refractivity contribution in [2.45, 2.75) is 95.1 Å². The van der Waals surface area contributed by atoms with Gasteiger partial charge >= 0.3 is 12.1 Å². The summed E-state index contributed by atoms with van der Waals surface area (Å²) in [7, 11) is 0. The van der Waals surface area contributed by atoms with Crippen LogP contribution in [-0.4, -0.2) is 47.5 Å². The molecule has 4 unspecified atom stereocenters. The molecule has 2 saturated carbocycles. The molecule has 0 spiro atoms. The van der Waals surface area contributed by atoms with E-state index in [0.717, 1.165) is 37.7 Å². The van der Waals surface area contributed by atoms with Crippen molar-refractivity contribution in [2.75, 3.05) is 6.54 Å². The fraction of sp³-hybridized carbons (Fsp3) is 0.667. The van der Waals surface area contributed by atoms with Crippen molar-refractivity contribution in [1.29, 1.82) is 0 Å². The molecule has 1 saturated heterocycles. The SMILES string of the molecule is N/N=C/CCC1(F)CCC2CN(C(=O)OCc3ccccc3)C(C(=O)OC3CCCCC3)CC2C1.NN. The highest BCUT2D eigenvalue weighted by molar-refractivity contribution is 5.82. The Hall–Kier alpha value is -2.72. The van der Waals surface area contributed by atoms with Gasteiger partial charge in [0.25, 0.3) is 0 Å². The molecule has 206 valence electrons. The lowest BCUT2D eigenvalue weighted by Gasteiger charge is -2.48. The first-order valence-electron chi connectivity index (χ1n) is 13.4. The summed E-state index contributed by atoms with van der Waals surface area (Å²) in [5, 5.41) is 3.48. The zero-order chi connectivity index (χ0) is 26.7. The van der Waals surface area contributed by atoms with Gasteiger partial charge in [0.05, 0.1) is 0 Å². The van der Waals surface area contributed by atoms with Crippen LogP contribution in [0.25, 0.3) is 0 Å². The Bertz CT molecular complexity index is 883. The summed E-state index contributed by atoms with van der Waals surface area (Å²) in [4.78, 5) is 28.0. The first-order chi connectivity index (χ1) is 18.0. The highest BCUT2D eigenvalue weighted by Crippen LogP contribution is 2.46. The molecule has 1 aromatic carbocycles. The number of piperidine rings is 1. The van der Waals surface area contributed by atoms with Crippen LogP contribution in [0.2, 0.25) is 0 Å². The van der Waals surface area contributed by atoms with Gasteiger partial charge in [0.2, 0.25) is 0 Å². The third kappa shape index (κ3) is 8.13. The number of benzene rings is 1. The van der Waals surface area contributed by atoms with E-state index in [9.17, 15) is 9.59 Å². The molecule has 1 aromatic rings. The zero-order valence-corrected chi connectivity index (χ0v) is 21.6. The number of nitrogens with two attached hydrogens (primary N) is 3. The van der Waals surface area contributed by atoms with Gasteiger partial charge < -0.3 is 15.3 Å². The fourth-order valence-corrected chi connectivity index (χ4v) is 6.01. The van der Waals surface area contributed by atoms with Crippen molar-refractivity contribution in [3.05, 3.63) is 35.9 Å². The Kier molecular flexibility index (Phi) is 11.1. The van der Waals surface area contributed by atoms with Crippen LogP contribution in [-0.2, 0) is 20.9 Å². The van der Waals surface area contributed by atoms with Crippen molar-refractivity contribution in [3.8, 4) is 0 Å². The molecule has 6 N–H and O–H groups in total. The second kappa shape index (κ2) is 14.3. The number of ether oxygens (including phenoxy) is 2. The predicted molar refractivity (Wildman–Crippen MR) is 140 cm³/mol. The zero-order valence-electron chi connectivity index (χ0n) is 21.6. The van der Waals surface area contributed by atoms with Crippen LogP contribution in [0.4, 0.5) is 9.18 Å². The van der Waals surface area contributed by atoms with E-state index in [4.69, 9.17) is 15.3 Å². The van der Waals surface area contributed by atoms with Gasteiger partial charge in [0, 0.05) is 12.8 Å². The lowest BCUT2D eigenvalue weighted by molar-refractivity contribution is -0.160. The minimum absolute atomic E-state index is 0.0191. The maximum absolute atomic E-state index is 15.6. The summed E-state index contributed by atoms with van der Waals surface area (Å²) in [5.74, 6) is 13.0. The topological polar surface area (TPSA) is 146 Å². The normalized spacial score (nSPS) is 28.1. The number of esters is 1. The number of carbonyl (C=O) groups excluding carboxylic acids is 2. The molecule has 1 aliphatic heterocycles. The average Bonchev–Trinajstić information content (AvgIpc) is 2.93. The molecule has 2 aliphatic carbocycles. The van der Waals surface area contributed by atoms with Crippen molar-refractivity contribution < 1.29 is 23.5 Å². The molecule has 37 heavy (non-hydrogen) atoms. The van der Waals surface area contributed by atoms with Crippen molar-refractivity contribution in [1.82, 2.24) is 4.90 Å². The highest BCUT2D eigenvalue weighted by Gasteiger charge is 2.49. The number of fused-ring (bicyclic) bond motifs is 1. The number of nitrogens with zero attached hydrogens (tertiary/aromatic N) is 2. The van der Waals surface area contributed by atoms with E-state index in [0.29, 0.717) is 45.1 Å². The number of hydrazine groups is 1. The first-order valence-corrected chi connectivity index (χ1v) is 13.4. The lowest BCUT2D eigenvalue weighted by atomic mass is 9.67. The molecule has 0 bridgehead atoms. The average molecular weight is 520 g/mol. The van der Waals surface area contributed by atoms with E-state index in [1.54, 1.807) is 11.1 Å². The van der Waals surface area contributed by atoms with Crippen LogP contribution in [0.5, 0.6) is 0 Å². The minimum Gasteiger partial charge on any atom is -0.461 e. The number of alkyl halides is 1. The van der Waals surface area contributed by atoms with Gasteiger partial charge in [-0.2, -0.15) is 5.10 Å². The van der Waals surface area contributed by atoms with Crippen LogP contribution in [0, 0.1) is 11.8 Å². The summed E-state index contributed by atoms with van der Waals surface area (Å²) >= 11 is 0. The van der Waals surface area contributed by atoms with Gasteiger partial charge in [-0.3, -0.25) is 16.6 Å². The maximum atomic E-state index is 15.6. The number of likely N-dealkylation sites (tertiary alicyclic amines) is 1. The first kappa shape index (κ1) is 28.8. The number of hydrogen-bond acceptors (Lipinski definition) is 8. The maximum Gasteiger partial charge on any atom is 0.410 e. The van der Waals surface area contributed by atoms with Gasteiger partial charge in [0.1, 0.15) is 24.4 Å². The van der Waals surface area contributed by atoms with Crippen LogP contribution in [0.15, 0.2) is 35.4 Å². The number of hydrogen-bond donors (Lipinski definition) is 3. The standard InChI is InChI=1S/C27H38FN3O4.H4N2/c28-27(13-7-15-30-29)14-12-21-18-31(26(33)34-19-20-8-3-1-4-9-20)24(16-22(21)17-27)25(32)35-23-10-5-2-6-11-23;1-2/h1,3-4,8-9,15,21-24H,2,5-7,10-14,16-19,29H2;1-2H2/b30-15+;. The van der Waals surface area contributed by atoms with Crippen LogP contribution in [0.3, 0.4) is 0 Å². The lowest BCUT2D eigenvalue weighted by Crippen LogP contribution is -2.56. The molecule has 1 heterocycles. The van der Waals surface area contributed by atoms with E-state index in [1.807, 2.05) is 30.3 Å². The van der Waals surface area contributed by atoms with Crippen LogP contribution in [0.1, 0.15) is 76.2 Å². The summed E-state index contributed by atoms with van der Waals surface area (Å²) < 4.78 is 27.1. The summed E-state index contributed by atoms with van der Waals surface area (Å²) in [6, 6.07) is 8.74. The largest absolute Gasteiger partial charge is 0.461 e. The molecular weight excluding hydrogens is 477 g/mol. The molecule has 4 rings (SSSR count). The van der Waals surface area contributed by atoms with Crippen LogP contribution < -0.4 is 17.5 Å². The third-order valence-electron chi connectivity index (χ3n) is 7.96. The van der Waals surface area contributed by atoms with Crippen LogP contribution >= 0.6 is 0 Å². The van der Waals surface area contributed by atoms with Gasteiger partial charge in [-0.15, -0.1) is 0 Å². The summed E-state index contributed by atoms with van der Waals surface area (Å²) in [6.07, 6.45) is 8.70. The Morgan fingerprint density at radius 3 is 2.54 bits per heavy atom. The van der Waals surface area contributed by atoms with E-state index in [1.165, 1.54) is 0 Å². The van der Waals surface area contributed by atoms with Crippen molar-refractivity contribution in [3.63, 3.8) is 0 Å². The van der Waals surface area contributed by atoms with E-state index >= 15 is 4.39 Å². The van der Waals surface area contributed by atoms with Gasteiger partial charge in [-0.05, 0) is 81.6 Å². The second-order valence-electron chi connectivity index (χ2n) is 10.4. The Morgan fingerprint density at radius 2 is 1.84 bits per heavy atom. The van der Waals surface area contributed by atoms with Gasteiger partial charge in [-0.25, -0.2) is 14.0 Å². The second-order valence-corrected chi connectivity index (χ2v) is 10.4. The molecule has 3 fully saturated rings. The Labute approximate surface area is 218 Å². The third-order valence-corrected chi connectivity index (χ3v) is 7.96. The smallest absolute Gasteiger partial charge is 0.410 e. The Morgan fingerprint density at radius 1 is 1.11 bits per heavy atom. The van der Waals surface area contributed by atoms with E-state index in [-0.39, 0.29) is 30.5 Å². The van der Waals surface area contributed by atoms with Crippen molar-refractivity contribution in [2.24, 2.45) is 34.5 Å². The number of amides is 1. The molecular formula is C27H42FN5O4. The van der Waals surface area contributed by atoms with E-state index < -0.39 is 17.8 Å². The van der Waals surface area contributed by atoms with Gasteiger partial charge in [0.15, 0.2) is 0 Å². The molecule has 0 aromatic heterocycles. The molecule has 1 amide bonds. The summed E-state index contributed by atoms with van der Waals surface area (Å²) in [6.45, 7) is 0.536. The number of halogens is 1.